The average Bonchev–Trinajstić information content (AvgIpc) is 3.15. The zero-order valence-electron chi connectivity index (χ0n) is 16.6. The topological polar surface area (TPSA) is 103 Å². The van der Waals surface area contributed by atoms with Crippen molar-refractivity contribution >= 4 is 40.0 Å². The van der Waals surface area contributed by atoms with Gasteiger partial charge in [0, 0.05) is 32.9 Å². The van der Waals surface area contributed by atoms with Gasteiger partial charge in [-0.25, -0.2) is 9.78 Å². The minimum Gasteiger partial charge on any atom is -0.378 e. The molecule has 0 bridgehead atoms. The number of aromatic nitrogens is 4. The Hall–Kier alpha value is -3.11. The van der Waals surface area contributed by atoms with Crippen LogP contribution in [0.3, 0.4) is 0 Å². The highest BCUT2D eigenvalue weighted by atomic mass is 35.5. The fourth-order valence-corrected chi connectivity index (χ4v) is 3.86. The van der Waals surface area contributed by atoms with Gasteiger partial charge in [-0.1, -0.05) is 11.6 Å². The lowest BCUT2D eigenvalue weighted by Crippen LogP contribution is -2.37. The van der Waals surface area contributed by atoms with Crippen molar-refractivity contribution < 1.29 is 9.53 Å². The summed E-state index contributed by atoms with van der Waals surface area (Å²) in [7, 11) is 2.92. The summed E-state index contributed by atoms with van der Waals surface area (Å²) in [5.74, 6) is -0.336. The Bertz CT molecular complexity index is 1240. The highest BCUT2D eigenvalue weighted by Gasteiger charge is 2.17. The number of nitrogens with one attached hydrogen (secondary N) is 1. The maximum absolute atomic E-state index is 12.6. The van der Waals surface area contributed by atoms with E-state index in [-0.39, 0.29) is 18.0 Å². The lowest BCUT2D eigenvalue weighted by Gasteiger charge is -2.29. The summed E-state index contributed by atoms with van der Waals surface area (Å²) in [6.45, 7) is 2.72. The number of imidazole rings is 1. The van der Waals surface area contributed by atoms with Crippen LogP contribution in [-0.2, 0) is 30.2 Å². The van der Waals surface area contributed by atoms with E-state index in [1.54, 1.807) is 12.1 Å². The quantitative estimate of drug-likeness (QED) is 0.646. The van der Waals surface area contributed by atoms with E-state index in [2.05, 4.69) is 15.2 Å². The van der Waals surface area contributed by atoms with Gasteiger partial charge in [0.05, 0.1) is 30.3 Å². The maximum Gasteiger partial charge on any atom is 0.332 e. The number of hydrogen-bond donors (Lipinski definition) is 1. The van der Waals surface area contributed by atoms with Crippen molar-refractivity contribution in [3.63, 3.8) is 0 Å². The number of hydrogen-bond acceptors (Lipinski definition) is 6. The van der Waals surface area contributed by atoms with Crippen LogP contribution in [0.1, 0.15) is 0 Å². The average molecular weight is 433 g/mol. The molecule has 0 radical (unpaired) electrons. The summed E-state index contributed by atoms with van der Waals surface area (Å²) in [5, 5.41) is 3.33. The molecule has 1 aromatic carbocycles. The first-order valence-electron chi connectivity index (χ1n) is 9.40. The largest absolute Gasteiger partial charge is 0.378 e. The van der Waals surface area contributed by atoms with E-state index in [1.807, 2.05) is 6.07 Å². The summed E-state index contributed by atoms with van der Waals surface area (Å²) in [6.07, 6.45) is 1.37. The Balaban J connectivity index is 1.54. The Morgan fingerprint density at radius 2 is 1.93 bits per heavy atom. The highest BCUT2D eigenvalue weighted by molar-refractivity contribution is 6.33. The number of carbonyl (C=O) groups excluding carboxylic acids is 1. The zero-order valence-corrected chi connectivity index (χ0v) is 17.3. The summed E-state index contributed by atoms with van der Waals surface area (Å²) < 4.78 is 9.11. The molecular weight excluding hydrogens is 412 g/mol. The summed E-state index contributed by atoms with van der Waals surface area (Å²) in [6, 6.07) is 5.34. The number of ether oxygens (including phenoxy) is 1. The number of morpholine rings is 1. The predicted molar refractivity (Wildman–Crippen MR) is 113 cm³/mol. The molecule has 158 valence electrons. The minimum atomic E-state index is -0.502. The van der Waals surface area contributed by atoms with E-state index in [9.17, 15) is 14.4 Å². The van der Waals surface area contributed by atoms with Crippen LogP contribution in [0.5, 0.6) is 0 Å². The van der Waals surface area contributed by atoms with Crippen molar-refractivity contribution in [2.45, 2.75) is 6.54 Å². The van der Waals surface area contributed by atoms with E-state index in [1.165, 1.54) is 29.6 Å². The van der Waals surface area contributed by atoms with Gasteiger partial charge < -0.3 is 19.5 Å². The predicted octanol–water partition coefficient (Wildman–Crippen LogP) is 0.562. The number of amides is 1. The second-order valence-corrected chi connectivity index (χ2v) is 7.47. The van der Waals surface area contributed by atoms with Gasteiger partial charge in [-0.2, -0.15) is 0 Å². The fourth-order valence-electron chi connectivity index (χ4n) is 3.56. The molecular formula is C19H21ClN6O4. The summed E-state index contributed by atoms with van der Waals surface area (Å²) in [4.78, 5) is 43.2. The van der Waals surface area contributed by atoms with Crippen LogP contribution in [0.4, 0.5) is 11.4 Å². The van der Waals surface area contributed by atoms with Crippen LogP contribution in [0.2, 0.25) is 5.02 Å². The number of carbonyl (C=O) groups is 1. The van der Waals surface area contributed by atoms with Gasteiger partial charge in [0.2, 0.25) is 5.91 Å². The molecule has 2 aromatic heterocycles. The number of rotatable bonds is 4. The van der Waals surface area contributed by atoms with Crippen molar-refractivity contribution in [1.82, 2.24) is 18.7 Å². The van der Waals surface area contributed by atoms with Crippen LogP contribution in [0, 0.1) is 0 Å². The number of fused-ring (bicyclic) bond motifs is 1. The molecule has 1 aliphatic heterocycles. The molecule has 30 heavy (non-hydrogen) atoms. The van der Waals surface area contributed by atoms with E-state index in [0.717, 1.165) is 23.3 Å². The second kappa shape index (κ2) is 7.96. The van der Waals surface area contributed by atoms with Gasteiger partial charge in [-0.05, 0) is 18.2 Å². The molecule has 1 fully saturated rings. The molecule has 3 aromatic rings. The first-order valence-corrected chi connectivity index (χ1v) is 9.77. The Morgan fingerprint density at radius 1 is 1.20 bits per heavy atom. The highest BCUT2D eigenvalue weighted by Crippen LogP contribution is 2.29. The number of benzene rings is 1. The third-order valence-electron chi connectivity index (χ3n) is 5.11. The van der Waals surface area contributed by atoms with Gasteiger partial charge in [0.15, 0.2) is 5.52 Å². The number of nitrogens with zero attached hydrogens (tertiary/aromatic N) is 5. The number of aryl methyl sites for hydroxylation is 1. The molecule has 4 rings (SSSR count). The molecule has 1 N–H and O–H groups in total. The van der Waals surface area contributed by atoms with Crippen molar-refractivity contribution in [3.8, 4) is 0 Å². The van der Waals surface area contributed by atoms with Gasteiger partial charge in [0.25, 0.3) is 5.56 Å². The molecule has 0 spiro atoms. The molecule has 0 atom stereocenters. The first kappa shape index (κ1) is 20.2. The lowest BCUT2D eigenvalue weighted by atomic mass is 10.2. The molecule has 0 saturated carbocycles. The van der Waals surface area contributed by atoms with E-state index in [4.69, 9.17) is 16.3 Å². The first-order chi connectivity index (χ1) is 14.4. The Labute approximate surface area is 176 Å². The molecule has 10 nitrogen and oxygen atoms in total. The maximum atomic E-state index is 12.6. The van der Waals surface area contributed by atoms with Crippen molar-refractivity contribution in [1.29, 1.82) is 0 Å². The normalized spacial score (nSPS) is 14.3. The lowest BCUT2D eigenvalue weighted by molar-refractivity contribution is -0.116. The third kappa shape index (κ3) is 3.59. The van der Waals surface area contributed by atoms with E-state index < -0.39 is 11.2 Å². The SMILES string of the molecule is Cn1c(=O)c2ncn(CC(=O)Nc3ccc(N4CCOCC4)c(Cl)c3)c2n(C)c1=O. The molecule has 0 unspecified atom stereocenters. The molecule has 3 heterocycles. The van der Waals surface area contributed by atoms with Gasteiger partial charge in [-0.3, -0.25) is 18.7 Å². The smallest absolute Gasteiger partial charge is 0.332 e. The number of anilines is 2. The van der Waals surface area contributed by atoms with Crippen LogP contribution in [0.15, 0.2) is 34.1 Å². The van der Waals surface area contributed by atoms with Crippen LogP contribution in [-0.4, -0.2) is 50.9 Å². The monoisotopic (exact) mass is 432 g/mol. The zero-order chi connectivity index (χ0) is 21.4. The fraction of sp³-hybridized carbons (Fsp3) is 0.368. The molecule has 1 amide bonds. The standard InChI is InChI=1S/C19H21ClN6O4/c1-23-17-16(18(28)24(2)19(23)29)21-11-26(17)10-15(27)22-12-3-4-14(13(20)9-12)25-5-7-30-8-6-25/h3-4,9,11H,5-8,10H2,1-2H3,(H,22,27). The van der Waals surface area contributed by atoms with Gasteiger partial charge >= 0.3 is 5.69 Å². The van der Waals surface area contributed by atoms with Crippen molar-refractivity contribution in [2.24, 2.45) is 14.1 Å². The van der Waals surface area contributed by atoms with E-state index >= 15 is 0 Å². The molecule has 0 aliphatic carbocycles. The van der Waals surface area contributed by atoms with Gasteiger partial charge in [0.1, 0.15) is 12.2 Å². The Kier molecular flexibility index (Phi) is 5.35. The third-order valence-corrected chi connectivity index (χ3v) is 5.41. The summed E-state index contributed by atoms with van der Waals surface area (Å²) >= 11 is 6.41. The van der Waals surface area contributed by atoms with Gasteiger partial charge in [-0.15, -0.1) is 0 Å². The van der Waals surface area contributed by atoms with Crippen LogP contribution in [0.25, 0.3) is 11.2 Å². The second-order valence-electron chi connectivity index (χ2n) is 7.06. The Morgan fingerprint density at radius 3 is 2.63 bits per heavy atom. The van der Waals surface area contributed by atoms with Crippen molar-refractivity contribution in [2.75, 3.05) is 36.5 Å². The van der Waals surface area contributed by atoms with Crippen molar-refractivity contribution in [3.05, 3.63) is 50.4 Å². The van der Waals surface area contributed by atoms with E-state index in [0.29, 0.717) is 29.6 Å². The molecule has 1 saturated heterocycles. The number of halogens is 1. The van der Waals surface area contributed by atoms with Crippen LogP contribution >= 0.6 is 11.6 Å². The minimum absolute atomic E-state index is 0.111. The van der Waals surface area contributed by atoms with Crippen LogP contribution < -0.4 is 21.5 Å². The molecule has 1 aliphatic rings. The molecule has 11 heteroatoms. The summed E-state index contributed by atoms with van der Waals surface area (Å²) in [5.41, 5.74) is 0.878.